The average molecular weight is 425 g/mol. The second-order valence-corrected chi connectivity index (χ2v) is 9.46. The summed E-state index contributed by atoms with van der Waals surface area (Å²) in [7, 11) is 0. The molecule has 0 saturated heterocycles. The standard InChI is InChI=1S/C22H28N6OS/c1-14(2)25-27-26-15(3)17-12-23-19-11-16(9-10-28(19)21(17)29)7-8-20-24-18(13-30-20)22(4,5)6/h9-14H,3,7-8H2,1-2,4-6H3,(H,25,26). The van der Waals surface area contributed by atoms with Crippen molar-refractivity contribution in [2.45, 2.75) is 58.9 Å². The number of fused-ring (bicyclic) bond motifs is 1. The summed E-state index contributed by atoms with van der Waals surface area (Å²) in [5, 5.41) is 11.1. The van der Waals surface area contributed by atoms with E-state index in [0.717, 1.165) is 29.1 Å². The molecule has 0 saturated carbocycles. The van der Waals surface area contributed by atoms with Crippen LogP contribution < -0.4 is 11.0 Å². The van der Waals surface area contributed by atoms with E-state index in [2.05, 4.69) is 53.5 Å². The number of nitrogens with zero attached hydrogens (tertiary/aromatic N) is 5. The molecule has 0 bridgehead atoms. The third-order valence-electron chi connectivity index (χ3n) is 4.52. The molecule has 3 heterocycles. The predicted octanol–water partition coefficient (Wildman–Crippen LogP) is 4.57. The Kier molecular flexibility index (Phi) is 6.45. The van der Waals surface area contributed by atoms with E-state index >= 15 is 0 Å². The Morgan fingerprint density at radius 2 is 2.10 bits per heavy atom. The highest BCUT2D eigenvalue weighted by Crippen LogP contribution is 2.24. The van der Waals surface area contributed by atoms with Gasteiger partial charge in [-0.05, 0) is 38.0 Å². The quantitative estimate of drug-likeness (QED) is 0.445. The number of aromatic nitrogens is 3. The van der Waals surface area contributed by atoms with Gasteiger partial charge in [0.2, 0.25) is 0 Å². The molecular formula is C22H28N6OS. The zero-order valence-electron chi connectivity index (χ0n) is 18.1. The molecule has 0 amide bonds. The van der Waals surface area contributed by atoms with Crippen LogP contribution in [-0.2, 0) is 18.3 Å². The summed E-state index contributed by atoms with van der Waals surface area (Å²) in [6.45, 7) is 14.2. The number of aryl methyl sites for hydroxylation is 2. The van der Waals surface area contributed by atoms with Gasteiger partial charge >= 0.3 is 0 Å². The molecule has 8 heteroatoms. The monoisotopic (exact) mass is 424 g/mol. The van der Waals surface area contributed by atoms with Crippen molar-refractivity contribution < 1.29 is 0 Å². The Bertz CT molecular complexity index is 1140. The molecule has 30 heavy (non-hydrogen) atoms. The van der Waals surface area contributed by atoms with E-state index < -0.39 is 0 Å². The lowest BCUT2D eigenvalue weighted by atomic mass is 9.93. The van der Waals surface area contributed by atoms with E-state index in [9.17, 15) is 4.79 Å². The van der Waals surface area contributed by atoms with E-state index in [4.69, 9.17) is 4.98 Å². The van der Waals surface area contributed by atoms with Crippen LogP contribution in [0.15, 0.2) is 51.6 Å². The molecule has 158 valence electrons. The molecule has 0 aliphatic heterocycles. The van der Waals surface area contributed by atoms with E-state index in [0.29, 0.717) is 16.9 Å². The number of hydrogen-bond acceptors (Lipinski definition) is 6. The first-order chi connectivity index (χ1) is 14.1. The smallest absolute Gasteiger partial charge is 0.267 e. The molecule has 0 unspecified atom stereocenters. The second kappa shape index (κ2) is 8.87. The molecule has 1 N–H and O–H groups in total. The summed E-state index contributed by atoms with van der Waals surface area (Å²) in [6, 6.07) is 3.95. The molecule has 3 aromatic rings. The number of rotatable bonds is 7. The topological polar surface area (TPSA) is 84.0 Å². The molecule has 0 aliphatic rings. The van der Waals surface area contributed by atoms with Crippen LogP contribution >= 0.6 is 11.3 Å². The molecule has 7 nitrogen and oxygen atoms in total. The summed E-state index contributed by atoms with van der Waals surface area (Å²) in [6.07, 6.45) is 4.99. The Labute approximate surface area is 180 Å². The van der Waals surface area contributed by atoms with Gasteiger partial charge < -0.3 is 0 Å². The van der Waals surface area contributed by atoms with Gasteiger partial charge in [-0.25, -0.2) is 9.97 Å². The van der Waals surface area contributed by atoms with Crippen LogP contribution in [-0.4, -0.2) is 20.4 Å². The first kappa shape index (κ1) is 21.8. The molecule has 3 rings (SSSR count). The van der Waals surface area contributed by atoms with Crippen LogP contribution in [0, 0.1) is 0 Å². The third-order valence-corrected chi connectivity index (χ3v) is 5.43. The van der Waals surface area contributed by atoms with Gasteiger partial charge in [-0.15, -0.1) is 11.3 Å². The van der Waals surface area contributed by atoms with Gasteiger partial charge in [-0.1, -0.05) is 32.6 Å². The van der Waals surface area contributed by atoms with Gasteiger partial charge in [0.15, 0.2) is 0 Å². The van der Waals surface area contributed by atoms with Crippen LogP contribution in [0.4, 0.5) is 0 Å². The number of nitrogens with one attached hydrogen (secondary N) is 1. The van der Waals surface area contributed by atoms with Crippen LogP contribution in [0.3, 0.4) is 0 Å². The largest absolute Gasteiger partial charge is 0.268 e. The van der Waals surface area contributed by atoms with Crippen molar-refractivity contribution in [2.24, 2.45) is 10.3 Å². The Morgan fingerprint density at radius 3 is 2.77 bits per heavy atom. The van der Waals surface area contributed by atoms with Crippen LogP contribution in [0.25, 0.3) is 11.3 Å². The van der Waals surface area contributed by atoms with E-state index in [1.54, 1.807) is 17.5 Å². The first-order valence-electron chi connectivity index (χ1n) is 9.95. The Morgan fingerprint density at radius 1 is 1.33 bits per heavy atom. The third kappa shape index (κ3) is 5.18. The van der Waals surface area contributed by atoms with Gasteiger partial charge in [0.25, 0.3) is 5.56 Å². The fourth-order valence-corrected chi connectivity index (χ4v) is 3.79. The molecule has 0 radical (unpaired) electrons. The number of pyridine rings is 1. The van der Waals surface area contributed by atoms with Crippen LogP contribution in [0.5, 0.6) is 0 Å². The lowest BCUT2D eigenvalue weighted by Crippen LogP contribution is -2.21. The molecule has 0 fully saturated rings. The second-order valence-electron chi connectivity index (χ2n) is 8.52. The highest BCUT2D eigenvalue weighted by Gasteiger charge is 2.17. The normalized spacial score (nSPS) is 12.2. The summed E-state index contributed by atoms with van der Waals surface area (Å²) in [5.74, 6) is 0. The molecular weight excluding hydrogens is 396 g/mol. The van der Waals surface area contributed by atoms with Gasteiger partial charge in [0.05, 0.1) is 28.0 Å². The lowest BCUT2D eigenvalue weighted by Gasteiger charge is -2.14. The fourth-order valence-electron chi connectivity index (χ4n) is 2.77. The van der Waals surface area contributed by atoms with Crippen molar-refractivity contribution in [3.63, 3.8) is 0 Å². The van der Waals surface area contributed by atoms with Crippen molar-refractivity contribution >= 4 is 22.7 Å². The SMILES string of the molecule is C=C(NN=NC(C)C)c1cnc2cc(CCc3nc(C(C)(C)C)cs3)ccn2c1=O. The highest BCUT2D eigenvalue weighted by atomic mass is 32.1. The Balaban J connectivity index is 1.74. The fraction of sp³-hybridized carbons (Fsp3) is 0.409. The van der Waals surface area contributed by atoms with E-state index in [1.165, 1.54) is 10.6 Å². The molecule has 0 spiro atoms. The lowest BCUT2D eigenvalue weighted by molar-refractivity contribution is 0.570. The van der Waals surface area contributed by atoms with E-state index in [-0.39, 0.29) is 17.0 Å². The van der Waals surface area contributed by atoms with Crippen LogP contribution in [0.1, 0.15) is 56.4 Å². The Hall–Kier alpha value is -2.87. The molecule has 0 aliphatic carbocycles. The maximum absolute atomic E-state index is 12.8. The van der Waals surface area contributed by atoms with Crippen molar-refractivity contribution in [2.75, 3.05) is 0 Å². The average Bonchev–Trinajstić information content (AvgIpc) is 3.16. The van der Waals surface area contributed by atoms with Gasteiger partial charge in [-0.3, -0.25) is 14.6 Å². The maximum atomic E-state index is 12.8. The zero-order valence-corrected chi connectivity index (χ0v) is 19.0. The molecule has 3 aromatic heterocycles. The van der Waals surface area contributed by atoms with E-state index in [1.807, 2.05) is 26.0 Å². The minimum atomic E-state index is -0.196. The van der Waals surface area contributed by atoms with Gasteiger partial charge in [-0.2, -0.15) is 5.11 Å². The molecule has 0 atom stereocenters. The highest BCUT2D eigenvalue weighted by molar-refractivity contribution is 7.09. The first-order valence-corrected chi connectivity index (χ1v) is 10.8. The van der Waals surface area contributed by atoms with Crippen molar-refractivity contribution in [3.05, 3.63) is 68.7 Å². The predicted molar refractivity (Wildman–Crippen MR) is 122 cm³/mol. The van der Waals surface area contributed by atoms with Crippen molar-refractivity contribution in [1.82, 2.24) is 19.8 Å². The summed E-state index contributed by atoms with van der Waals surface area (Å²) in [5.41, 5.74) is 6.15. The van der Waals surface area contributed by atoms with Crippen molar-refractivity contribution in [3.8, 4) is 0 Å². The summed E-state index contributed by atoms with van der Waals surface area (Å²) >= 11 is 1.70. The zero-order chi connectivity index (χ0) is 21.9. The van der Waals surface area contributed by atoms with Crippen LogP contribution in [0.2, 0.25) is 0 Å². The molecule has 0 aromatic carbocycles. The maximum Gasteiger partial charge on any atom is 0.267 e. The number of hydrogen-bond donors (Lipinski definition) is 1. The minimum absolute atomic E-state index is 0.0592. The van der Waals surface area contributed by atoms with Gasteiger partial charge in [0.1, 0.15) is 5.65 Å². The summed E-state index contributed by atoms with van der Waals surface area (Å²) < 4.78 is 1.52. The number of thiazole rings is 1. The van der Waals surface area contributed by atoms with Crippen molar-refractivity contribution in [1.29, 1.82) is 0 Å². The minimum Gasteiger partial charge on any atom is -0.268 e. The summed E-state index contributed by atoms with van der Waals surface area (Å²) in [4.78, 5) is 22.0. The van der Waals surface area contributed by atoms with Gasteiger partial charge in [0, 0.05) is 29.6 Å².